The van der Waals surface area contributed by atoms with Gasteiger partial charge in [0, 0.05) is 0 Å². The van der Waals surface area contributed by atoms with E-state index in [1.165, 1.54) is 11.7 Å². The van der Waals surface area contributed by atoms with Gasteiger partial charge < -0.3 is 0 Å². The molecule has 36 valence electrons. The monoisotopic (exact) mass is 216 g/mol. The second-order valence-corrected chi connectivity index (χ2v) is 3.85. The first kappa shape index (κ1) is 7.04. The molecule has 0 rings (SSSR count). The molecule has 0 aliphatic heterocycles. The summed E-state index contributed by atoms with van der Waals surface area (Å²) in [5, 5.41) is 1.17. The molecule has 0 bridgehead atoms. The molecule has 6 heavy (non-hydrogen) atoms. The zero-order valence-corrected chi connectivity index (χ0v) is 7.23. The van der Waals surface area contributed by atoms with Crippen molar-refractivity contribution in [3.8, 4) is 0 Å². The van der Waals surface area contributed by atoms with Gasteiger partial charge in [0.15, 0.2) is 0 Å². The van der Waals surface area contributed by atoms with Gasteiger partial charge >= 0.3 is 55.5 Å². The maximum absolute atomic E-state index is 3.02. The Morgan fingerprint density at radius 2 is 2.17 bits per heavy atom. The van der Waals surface area contributed by atoms with E-state index in [2.05, 4.69) is 38.9 Å². The molecule has 0 aromatic carbocycles. The molecule has 1 atom stereocenters. The predicted molar refractivity (Wildman–Crippen MR) is 30.4 cm³/mol. The fourth-order valence-electron chi connectivity index (χ4n) is 0.166. The Kier molecular flexibility index (Phi) is 4.93. The number of hydrogen-bond donors (Lipinski definition) is 0. The summed E-state index contributed by atoms with van der Waals surface area (Å²) in [6.45, 7) is 2.18. The fourth-order valence-corrected chi connectivity index (χ4v) is 1.91. The molecule has 0 aromatic heterocycles. The molecule has 0 N–H and O–H groups in total. The third-order valence-electron chi connectivity index (χ3n) is 0.524. The van der Waals surface area contributed by atoms with Crippen molar-refractivity contribution < 1.29 is 0 Å². The molecule has 0 nitrogen and oxygen atoms in total. The summed E-state index contributed by atoms with van der Waals surface area (Å²) in [5.74, 6) is 0. The van der Waals surface area contributed by atoms with Gasteiger partial charge in [-0.05, 0) is 0 Å². The first-order chi connectivity index (χ1) is 2.77. The molecule has 0 aliphatic carbocycles. The molecule has 0 aromatic rings. The van der Waals surface area contributed by atoms with Gasteiger partial charge in [0.1, 0.15) is 0 Å². The Bertz CT molecular complexity index is 26.7. The van der Waals surface area contributed by atoms with Gasteiger partial charge in [-0.1, -0.05) is 0 Å². The van der Waals surface area contributed by atoms with Crippen molar-refractivity contribution >= 4 is 32.0 Å². The van der Waals surface area contributed by atoms with E-state index in [1.54, 1.807) is 0 Å². The SMILES string of the molecule is CC([Se])CC[Se]. The Labute approximate surface area is 55.7 Å². The molecule has 2 heteroatoms. The third-order valence-corrected chi connectivity index (χ3v) is 1.51. The van der Waals surface area contributed by atoms with Crippen LogP contribution in [0.3, 0.4) is 0 Å². The van der Waals surface area contributed by atoms with Gasteiger partial charge in [-0.2, -0.15) is 0 Å². The molecule has 0 fully saturated rings. The van der Waals surface area contributed by atoms with E-state index in [9.17, 15) is 0 Å². The Morgan fingerprint density at radius 3 is 2.17 bits per heavy atom. The van der Waals surface area contributed by atoms with Crippen molar-refractivity contribution in [2.75, 3.05) is 0 Å². The van der Waals surface area contributed by atoms with Crippen molar-refractivity contribution in [2.24, 2.45) is 0 Å². The quantitative estimate of drug-likeness (QED) is 0.600. The normalized spacial score (nSPS) is 14.5. The van der Waals surface area contributed by atoms with Gasteiger partial charge in [0.05, 0.1) is 0 Å². The topological polar surface area (TPSA) is 0 Å². The van der Waals surface area contributed by atoms with Gasteiger partial charge in [-0.25, -0.2) is 0 Å². The van der Waals surface area contributed by atoms with Crippen molar-refractivity contribution in [1.82, 2.24) is 0 Å². The van der Waals surface area contributed by atoms with Crippen LogP contribution in [0, 0.1) is 0 Å². The Morgan fingerprint density at radius 1 is 1.67 bits per heavy atom. The molecule has 2 radical (unpaired) electrons. The summed E-state index contributed by atoms with van der Waals surface area (Å²) >= 11 is 5.97. The maximum atomic E-state index is 3.02. The summed E-state index contributed by atoms with van der Waals surface area (Å²) in [6.07, 6.45) is 1.26. The zero-order valence-electron chi connectivity index (χ0n) is 3.81. The minimum absolute atomic E-state index is 0.742. The average molecular weight is 214 g/mol. The molecular formula is C4H8Se2. The summed E-state index contributed by atoms with van der Waals surface area (Å²) in [6, 6.07) is 0. The predicted octanol–water partition coefficient (Wildman–Crippen LogP) is 0.940. The van der Waals surface area contributed by atoms with Crippen LogP contribution in [-0.2, 0) is 0 Å². The third kappa shape index (κ3) is 5.04. The van der Waals surface area contributed by atoms with E-state index in [0.717, 1.165) is 4.82 Å². The second-order valence-electron chi connectivity index (χ2n) is 1.30. The number of hydrogen-bond acceptors (Lipinski definition) is 0. The van der Waals surface area contributed by atoms with E-state index in [0.29, 0.717) is 0 Å². The van der Waals surface area contributed by atoms with E-state index < -0.39 is 0 Å². The molecule has 0 heterocycles. The Hall–Kier alpha value is 1.04. The van der Waals surface area contributed by atoms with Gasteiger partial charge in [0.2, 0.25) is 0 Å². The first-order valence-corrected chi connectivity index (χ1v) is 4.21. The van der Waals surface area contributed by atoms with Gasteiger partial charge in [-0.15, -0.1) is 0 Å². The molecule has 0 saturated carbocycles. The van der Waals surface area contributed by atoms with Crippen molar-refractivity contribution in [1.29, 1.82) is 0 Å². The molecule has 0 amide bonds. The van der Waals surface area contributed by atoms with Crippen LogP contribution in [0.1, 0.15) is 13.3 Å². The summed E-state index contributed by atoms with van der Waals surface area (Å²) < 4.78 is 0. The molecule has 1 unspecified atom stereocenters. The van der Waals surface area contributed by atoms with Gasteiger partial charge in [-0.3, -0.25) is 0 Å². The fraction of sp³-hybridized carbons (Fsp3) is 1.00. The van der Waals surface area contributed by atoms with E-state index in [-0.39, 0.29) is 0 Å². The van der Waals surface area contributed by atoms with Crippen LogP contribution in [0.2, 0.25) is 10.1 Å². The second kappa shape index (κ2) is 4.20. The van der Waals surface area contributed by atoms with Crippen molar-refractivity contribution in [3.63, 3.8) is 0 Å². The van der Waals surface area contributed by atoms with Crippen LogP contribution in [0.5, 0.6) is 0 Å². The molecule has 0 aliphatic rings. The van der Waals surface area contributed by atoms with E-state index in [4.69, 9.17) is 0 Å². The Balaban J connectivity index is 2.63. The van der Waals surface area contributed by atoms with Crippen molar-refractivity contribution in [2.45, 2.75) is 23.5 Å². The molecule has 0 spiro atoms. The van der Waals surface area contributed by atoms with Crippen LogP contribution >= 0.6 is 0 Å². The summed E-state index contributed by atoms with van der Waals surface area (Å²) in [4.78, 5) is 0.742. The number of rotatable bonds is 2. The van der Waals surface area contributed by atoms with E-state index in [1.807, 2.05) is 0 Å². The van der Waals surface area contributed by atoms with Crippen LogP contribution in [0.15, 0.2) is 0 Å². The minimum atomic E-state index is 0.742. The first-order valence-electron chi connectivity index (χ1n) is 2.01. The van der Waals surface area contributed by atoms with Gasteiger partial charge in [0.25, 0.3) is 0 Å². The van der Waals surface area contributed by atoms with Crippen LogP contribution in [0.4, 0.5) is 0 Å². The zero-order chi connectivity index (χ0) is 4.99. The summed E-state index contributed by atoms with van der Waals surface area (Å²) in [5.41, 5.74) is 0. The van der Waals surface area contributed by atoms with Crippen LogP contribution in [-0.4, -0.2) is 32.0 Å². The van der Waals surface area contributed by atoms with Crippen LogP contribution in [0.25, 0.3) is 0 Å². The van der Waals surface area contributed by atoms with E-state index >= 15 is 0 Å². The molecular weight excluding hydrogens is 206 g/mol. The average Bonchev–Trinajstić information content (AvgIpc) is 1.35. The van der Waals surface area contributed by atoms with Crippen molar-refractivity contribution in [3.05, 3.63) is 0 Å². The van der Waals surface area contributed by atoms with Crippen LogP contribution < -0.4 is 0 Å². The molecule has 0 saturated heterocycles. The standard InChI is InChI=1S/C4H8Se2/c1-4(6)2-3-5/h4H,2-3H2,1H3. The summed E-state index contributed by atoms with van der Waals surface area (Å²) in [7, 11) is 0.